The second kappa shape index (κ2) is 4.29. The van der Waals surface area contributed by atoms with Crippen molar-refractivity contribution in [2.24, 2.45) is 5.10 Å². The molecule has 0 aliphatic carbocycles. The van der Waals surface area contributed by atoms with Crippen molar-refractivity contribution in [3.63, 3.8) is 0 Å². The van der Waals surface area contributed by atoms with Crippen LogP contribution in [0.3, 0.4) is 0 Å². The molecule has 80 valence electrons. The highest BCUT2D eigenvalue weighted by molar-refractivity contribution is 5.57. The fourth-order valence-electron chi connectivity index (χ4n) is 1.62. The van der Waals surface area contributed by atoms with E-state index in [-0.39, 0.29) is 5.82 Å². The molecule has 0 saturated heterocycles. The van der Waals surface area contributed by atoms with E-state index in [1.807, 2.05) is 11.2 Å². The first-order chi connectivity index (χ1) is 7.25. The van der Waals surface area contributed by atoms with Crippen molar-refractivity contribution in [2.45, 2.75) is 19.4 Å². The summed E-state index contributed by atoms with van der Waals surface area (Å²) in [5.41, 5.74) is 7.14. The van der Waals surface area contributed by atoms with E-state index in [9.17, 15) is 4.39 Å². The fraction of sp³-hybridized carbons (Fsp3) is 0.364. The van der Waals surface area contributed by atoms with Gasteiger partial charge in [0.15, 0.2) is 0 Å². The van der Waals surface area contributed by atoms with Gasteiger partial charge < -0.3 is 5.73 Å². The van der Waals surface area contributed by atoms with Crippen LogP contribution in [0.25, 0.3) is 0 Å². The average molecular weight is 207 g/mol. The molecule has 2 rings (SSSR count). The molecular formula is C11H14FN3. The molecule has 0 fully saturated rings. The average Bonchev–Trinajstić information content (AvgIpc) is 2.24. The van der Waals surface area contributed by atoms with Crippen LogP contribution < -0.4 is 5.73 Å². The lowest BCUT2D eigenvalue weighted by atomic mass is 10.1. The van der Waals surface area contributed by atoms with Crippen molar-refractivity contribution in [2.75, 3.05) is 12.3 Å². The second-order valence-electron chi connectivity index (χ2n) is 3.67. The Kier molecular flexibility index (Phi) is 2.85. The molecule has 0 aromatic heterocycles. The third-order valence-corrected chi connectivity index (χ3v) is 2.46. The Morgan fingerprint density at radius 3 is 3.00 bits per heavy atom. The van der Waals surface area contributed by atoms with Gasteiger partial charge in [-0.1, -0.05) is 6.07 Å². The molecule has 0 atom stereocenters. The molecule has 2 N–H and O–H groups in total. The van der Waals surface area contributed by atoms with Gasteiger partial charge in [0.25, 0.3) is 0 Å². The van der Waals surface area contributed by atoms with Crippen molar-refractivity contribution >= 4 is 11.9 Å². The van der Waals surface area contributed by atoms with Gasteiger partial charge in [0.2, 0.25) is 0 Å². The number of nitrogens with two attached hydrogens (primary N) is 1. The zero-order valence-electron chi connectivity index (χ0n) is 8.49. The molecule has 15 heavy (non-hydrogen) atoms. The minimum absolute atomic E-state index is 0.293. The number of benzene rings is 1. The van der Waals surface area contributed by atoms with Gasteiger partial charge in [-0.25, -0.2) is 4.39 Å². The van der Waals surface area contributed by atoms with Gasteiger partial charge in [-0.15, -0.1) is 0 Å². The van der Waals surface area contributed by atoms with E-state index < -0.39 is 0 Å². The molecule has 1 aliphatic rings. The van der Waals surface area contributed by atoms with Crippen LogP contribution in [-0.4, -0.2) is 17.8 Å². The van der Waals surface area contributed by atoms with Gasteiger partial charge in [-0.2, -0.15) is 5.10 Å². The Morgan fingerprint density at radius 1 is 1.47 bits per heavy atom. The molecular weight excluding hydrogens is 193 g/mol. The van der Waals surface area contributed by atoms with Crippen LogP contribution in [-0.2, 0) is 6.54 Å². The van der Waals surface area contributed by atoms with E-state index in [1.165, 1.54) is 12.1 Å². The maximum absolute atomic E-state index is 12.8. The van der Waals surface area contributed by atoms with Crippen LogP contribution in [0.5, 0.6) is 0 Å². The number of hydrogen-bond donors (Lipinski definition) is 1. The monoisotopic (exact) mass is 207 g/mol. The van der Waals surface area contributed by atoms with Gasteiger partial charge in [0.05, 0.1) is 6.54 Å². The summed E-state index contributed by atoms with van der Waals surface area (Å²) in [5.74, 6) is -0.293. The third kappa shape index (κ3) is 2.46. The molecule has 1 aliphatic heterocycles. The highest BCUT2D eigenvalue weighted by atomic mass is 19.1. The summed E-state index contributed by atoms with van der Waals surface area (Å²) in [4.78, 5) is 0. The van der Waals surface area contributed by atoms with Gasteiger partial charge in [-0.3, -0.25) is 5.01 Å². The Hall–Kier alpha value is -1.58. The summed E-state index contributed by atoms with van der Waals surface area (Å²) >= 11 is 0. The third-order valence-electron chi connectivity index (χ3n) is 2.46. The molecule has 0 unspecified atom stereocenters. The highest BCUT2D eigenvalue weighted by Crippen LogP contribution is 2.17. The summed E-state index contributed by atoms with van der Waals surface area (Å²) in [6.07, 6.45) is 4.06. The van der Waals surface area contributed by atoms with Gasteiger partial charge in [-0.05, 0) is 30.5 Å². The second-order valence-corrected chi connectivity index (χ2v) is 3.67. The van der Waals surface area contributed by atoms with E-state index in [0.717, 1.165) is 24.9 Å². The van der Waals surface area contributed by atoms with Crippen molar-refractivity contribution in [1.82, 2.24) is 5.01 Å². The van der Waals surface area contributed by atoms with Crippen molar-refractivity contribution in [3.8, 4) is 0 Å². The van der Waals surface area contributed by atoms with Gasteiger partial charge >= 0.3 is 0 Å². The normalized spacial score (nSPS) is 15.7. The summed E-state index contributed by atoms with van der Waals surface area (Å²) in [7, 11) is 0. The molecule has 3 nitrogen and oxygen atoms in total. The lowest BCUT2D eigenvalue weighted by Crippen LogP contribution is -2.22. The van der Waals surface area contributed by atoms with Crippen molar-refractivity contribution in [1.29, 1.82) is 0 Å². The SMILES string of the molecule is Nc1cc(F)ccc1CN1CCCC=N1. The van der Waals surface area contributed by atoms with Crippen LogP contribution in [0.15, 0.2) is 23.3 Å². The number of hydrazone groups is 1. The summed E-state index contributed by atoms with van der Waals surface area (Å²) in [5, 5.41) is 6.20. The minimum Gasteiger partial charge on any atom is -0.398 e. The van der Waals surface area contributed by atoms with Gasteiger partial charge in [0.1, 0.15) is 5.82 Å². The Labute approximate surface area is 88.4 Å². The number of nitrogen functional groups attached to an aromatic ring is 1. The molecule has 0 spiro atoms. The zero-order chi connectivity index (χ0) is 10.7. The number of halogens is 1. The van der Waals surface area contributed by atoms with E-state index in [2.05, 4.69) is 5.10 Å². The van der Waals surface area contributed by atoms with Crippen LogP contribution in [0, 0.1) is 5.82 Å². The van der Waals surface area contributed by atoms with E-state index in [0.29, 0.717) is 12.2 Å². The van der Waals surface area contributed by atoms with Crippen molar-refractivity contribution < 1.29 is 4.39 Å². The minimum atomic E-state index is -0.293. The number of anilines is 1. The summed E-state index contributed by atoms with van der Waals surface area (Å²) in [6, 6.07) is 4.50. The lowest BCUT2D eigenvalue weighted by molar-refractivity contribution is 0.268. The molecule has 1 heterocycles. The predicted molar refractivity (Wildman–Crippen MR) is 58.9 cm³/mol. The van der Waals surface area contributed by atoms with Crippen LogP contribution in [0.1, 0.15) is 18.4 Å². The summed E-state index contributed by atoms with van der Waals surface area (Å²) in [6.45, 7) is 1.59. The van der Waals surface area contributed by atoms with Crippen LogP contribution in [0.4, 0.5) is 10.1 Å². The van der Waals surface area contributed by atoms with E-state index in [4.69, 9.17) is 5.73 Å². The topological polar surface area (TPSA) is 41.6 Å². The largest absolute Gasteiger partial charge is 0.398 e. The maximum atomic E-state index is 12.8. The molecule has 0 saturated carbocycles. The lowest BCUT2D eigenvalue weighted by Gasteiger charge is -2.22. The van der Waals surface area contributed by atoms with Crippen LogP contribution >= 0.6 is 0 Å². The van der Waals surface area contributed by atoms with Crippen LogP contribution in [0.2, 0.25) is 0 Å². The molecule has 4 heteroatoms. The van der Waals surface area contributed by atoms with Crippen molar-refractivity contribution in [3.05, 3.63) is 29.6 Å². The molecule has 1 aromatic carbocycles. The number of hydrogen-bond acceptors (Lipinski definition) is 3. The highest BCUT2D eigenvalue weighted by Gasteiger charge is 2.08. The van der Waals surface area contributed by atoms with E-state index >= 15 is 0 Å². The maximum Gasteiger partial charge on any atom is 0.125 e. The first-order valence-corrected chi connectivity index (χ1v) is 5.07. The number of nitrogens with zero attached hydrogens (tertiary/aromatic N) is 2. The van der Waals surface area contributed by atoms with E-state index in [1.54, 1.807) is 6.07 Å². The Balaban J connectivity index is 2.09. The fourth-order valence-corrected chi connectivity index (χ4v) is 1.62. The molecule has 0 radical (unpaired) electrons. The standard InChI is InChI=1S/C11H14FN3/c12-10-4-3-9(11(13)7-10)8-15-6-2-1-5-14-15/h3-5,7H,1-2,6,8,13H2. The molecule has 0 bridgehead atoms. The Morgan fingerprint density at radius 2 is 2.33 bits per heavy atom. The quantitative estimate of drug-likeness (QED) is 0.753. The van der Waals surface area contributed by atoms with Gasteiger partial charge in [0, 0.05) is 18.4 Å². The first kappa shape index (κ1) is 9.96. The zero-order valence-corrected chi connectivity index (χ0v) is 8.49. The first-order valence-electron chi connectivity index (χ1n) is 5.07. The number of rotatable bonds is 2. The Bertz CT molecular complexity index is 376. The smallest absolute Gasteiger partial charge is 0.125 e. The summed E-state index contributed by atoms with van der Waals surface area (Å²) < 4.78 is 12.8. The predicted octanol–water partition coefficient (Wildman–Crippen LogP) is 1.99. The molecule has 0 amide bonds. The molecule has 1 aromatic rings.